The number of rotatable bonds is 1. The van der Waals surface area contributed by atoms with E-state index in [1.54, 1.807) is 23.7 Å². The van der Waals surface area contributed by atoms with E-state index < -0.39 is 0 Å². The summed E-state index contributed by atoms with van der Waals surface area (Å²) in [5.74, 6) is 6.81. The molecule has 0 fully saturated rings. The average molecular weight is 305 g/mol. The van der Waals surface area contributed by atoms with Crippen LogP contribution >= 0.6 is 11.3 Å². The number of aromatic nitrogens is 3. The van der Waals surface area contributed by atoms with E-state index in [4.69, 9.17) is 0 Å². The Bertz CT molecular complexity index is 867. The van der Waals surface area contributed by atoms with Crippen molar-refractivity contribution < 1.29 is 0 Å². The summed E-state index contributed by atoms with van der Waals surface area (Å²) in [5.41, 5.74) is 5.10. The Morgan fingerprint density at radius 2 is 1.77 bits per heavy atom. The van der Waals surface area contributed by atoms with E-state index >= 15 is 0 Å². The fourth-order valence-electron chi connectivity index (χ4n) is 2.08. The predicted octanol–water partition coefficient (Wildman–Crippen LogP) is 3.93. The molecule has 3 rings (SSSR count). The van der Waals surface area contributed by atoms with Crippen molar-refractivity contribution in [2.75, 3.05) is 0 Å². The van der Waals surface area contributed by atoms with Gasteiger partial charge in [0.25, 0.3) is 0 Å². The lowest BCUT2D eigenvalue weighted by molar-refractivity contribution is 1.15. The van der Waals surface area contributed by atoms with Gasteiger partial charge in [-0.15, -0.1) is 11.3 Å². The molecule has 2 heterocycles. The van der Waals surface area contributed by atoms with Crippen molar-refractivity contribution >= 4 is 11.3 Å². The van der Waals surface area contributed by atoms with Gasteiger partial charge in [0.15, 0.2) is 5.82 Å². The molecule has 0 amide bonds. The molecule has 0 aliphatic rings. The molecule has 0 spiro atoms. The number of thiazole rings is 1. The molecule has 0 atom stereocenters. The van der Waals surface area contributed by atoms with Crippen LogP contribution in [0.1, 0.15) is 27.4 Å². The Morgan fingerprint density at radius 3 is 2.45 bits per heavy atom. The van der Waals surface area contributed by atoms with Crippen molar-refractivity contribution in [1.29, 1.82) is 0 Å². The summed E-state index contributed by atoms with van der Waals surface area (Å²) in [5, 5.41) is 2.97. The summed E-state index contributed by atoms with van der Waals surface area (Å²) in [7, 11) is 0. The van der Waals surface area contributed by atoms with Crippen LogP contribution in [0.2, 0.25) is 0 Å². The Hall–Kier alpha value is -2.51. The Morgan fingerprint density at radius 1 is 1.00 bits per heavy atom. The molecule has 3 aromatic rings. The number of nitrogens with zero attached hydrogens (tertiary/aromatic N) is 3. The van der Waals surface area contributed by atoms with Gasteiger partial charge in [0.1, 0.15) is 5.69 Å². The van der Waals surface area contributed by atoms with Gasteiger partial charge in [-0.05, 0) is 37.8 Å². The van der Waals surface area contributed by atoms with E-state index in [0.717, 1.165) is 27.7 Å². The van der Waals surface area contributed by atoms with Gasteiger partial charge in [-0.2, -0.15) is 0 Å². The van der Waals surface area contributed by atoms with Crippen LogP contribution in [0.4, 0.5) is 0 Å². The SMILES string of the molecule is Cc1nc(C#Cc2cnc(-c3cccc(C)c3C)nc2)cs1. The van der Waals surface area contributed by atoms with Gasteiger partial charge in [-0.25, -0.2) is 15.0 Å². The highest BCUT2D eigenvalue weighted by atomic mass is 32.1. The zero-order valence-corrected chi connectivity index (χ0v) is 13.5. The Kier molecular flexibility index (Phi) is 3.99. The lowest BCUT2D eigenvalue weighted by atomic mass is 10.0. The van der Waals surface area contributed by atoms with E-state index in [9.17, 15) is 0 Å². The fourth-order valence-corrected chi connectivity index (χ4v) is 2.63. The lowest BCUT2D eigenvalue weighted by Crippen LogP contribution is -1.93. The van der Waals surface area contributed by atoms with Crippen LogP contribution in [0.5, 0.6) is 0 Å². The minimum Gasteiger partial charge on any atom is -0.235 e. The topological polar surface area (TPSA) is 38.7 Å². The summed E-state index contributed by atoms with van der Waals surface area (Å²) >= 11 is 1.60. The maximum absolute atomic E-state index is 4.44. The zero-order chi connectivity index (χ0) is 15.5. The van der Waals surface area contributed by atoms with Gasteiger partial charge in [0.05, 0.1) is 10.6 Å². The van der Waals surface area contributed by atoms with Gasteiger partial charge in [-0.1, -0.05) is 24.1 Å². The summed E-state index contributed by atoms with van der Waals surface area (Å²) in [6, 6.07) is 6.16. The molecule has 1 aromatic carbocycles. The smallest absolute Gasteiger partial charge is 0.159 e. The largest absolute Gasteiger partial charge is 0.235 e. The minimum absolute atomic E-state index is 0.733. The van der Waals surface area contributed by atoms with Crippen LogP contribution in [0, 0.1) is 32.6 Å². The molecule has 108 valence electrons. The maximum Gasteiger partial charge on any atom is 0.159 e. The van der Waals surface area contributed by atoms with E-state index in [2.05, 4.69) is 46.7 Å². The van der Waals surface area contributed by atoms with Gasteiger partial charge in [0.2, 0.25) is 0 Å². The maximum atomic E-state index is 4.44. The van der Waals surface area contributed by atoms with Gasteiger partial charge in [-0.3, -0.25) is 0 Å². The molecular weight excluding hydrogens is 290 g/mol. The van der Waals surface area contributed by atoms with Crippen molar-refractivity contribution in [2.45, 2.75) is 20.8 Å². The van der Waals surface area contributed by atoms with Gasteiger partial charge < -0.3 is 0 Å². The van der Waals surface area contributed by atoms with E-state index in [0.29, 0.717) is 0 Å². The quantitative estimate of drug-likeness (QED) is 0.640. The molecule has 0 N–H and O–H groups in total. The second-order valence-corrected chi connectivity index (χ2v) is 6.11. The summed E-state index contributed by atoms with van der Waals surface area (Å²) < 4.78 is 0. The molecule has 0 aliphatic carbocycles. The van der Waals surface area contributed by atoms with Crippen LogP contribution in [-0.2, 0) is 0 Å². The van der Waals surface area contributed by atoms with Crippen molar-refractivity contribution in [3.63, 3.8) is 0 Å². The third-order valence-corrected chi connectivity index (χ3v) is 4.22. The Balaban J connectivity index is 1.87. The number of hydrogen-bond donors (Lipinski definition) is 0. The monoisotopic (exact) mass is 305 g/mol. The summed E-state index contributed by atoms with van der Waals surface area (Å²) in [4.78, 5) is 13.2. The zero-order valence-electron chi connectivity index (χ0n) is 12.7. The number of aryl methyl sites for hydroxylation is 2. The molecule has 0 unspecified atom stereocenters. The summed E-state index contributed by atoms with van der Waals surface area (Å²) in [6.07, 6.45) is 3.52. The highest BCUT2D eigenvalue weighted by Gasteiger charge is 2.06. The normalized spacial score (nSPS) is 10.1. The van der Waals surface area contributed by atoms with Crippen LogP contribution in [0.15, 0.2) is 36.0 Å². The minimum atomic E-state index is 0.733. The first kappa shape index (κ1) is 14.4. The highest BCUT2D eigenvalue weighted by molar-refractivity contribution is 7.09. The van der Waals surface area contributed by atoms with Crippen molar-refractivity contribution in [1.82, 2.24) is 15.0 Å². The standard InChI is InChI=1S/C18H15N3S/c1-12-5-4-6-17(13(12)2)18-19-9-15(10-20-18)7-8-16-11-22-14(3)21-16/h4-6,9-11H,1-3H3. The molecule has 0 radical (unpaired) electrons. The van der Waals surface area contributed by atoms with Crippen molar-refractivity contribution in [2.24, 2.45) is 0 Å². The molecule has 3 nitrogen and oxygen atoms in total. The molecule has 22 heavy (non-hydrogen) atoms. The van der Waals surface area contributed by atoms with E-state index in [1.165, 1.54) is 11.1 Å². The second-order valence-electron chi connectivity index (χ2n) is 5.04. The van der Waals surface area contributed by atoms with Crippen LogP contribution in [-0.4, -0.2) is 15.0 Å². The van der Waals surface area contributed by atoms with Crippen molar-refractivity contribution in [3.8, 4) is 23.2 Å². The summed E-state index contributed by atoms with van der Waals surface area (Å²) in [6.45, 7) is 6.15. The third-order valence-electron chi connectivity index (χ3n) is 3.45. The van der Waals surface area contributed by atoms with Gasteiger partial charge >= 0.3 is 0 Å². The van der Waals surface area contributed by atoms with E-state index in [1.807, 2.05) is 24.4 Å². The first-order valence-electron chi connectivity index (χ1n) is 6.96. The van der Waals surface area contributed by atoms with Crippen LogP contribution < -0.4 is 0 Å². The average Bonchev–Trinajstić information content (AvgIpc) is 2.94. The highest BCUT2D eigenvalue weighted by Crippen LogP contribution is 2.21. The Labute approximate surface area is 134 Å². The molecule has 2 aromatic heterocycles. The second kappa shape index (κ2) is 6.08. The molecule has 4 heteroatoms. The van der Waals surface area contributed by atoms with Crippen LogP contribution in [0.3, 0.4) is 0 Å². The number of benzene rings is 1. The molecule has 0 aliphatic heterocycles. The fraction of sp³-hybridized carbons (Fsp3) is 0.167. The van der Waals surface area contributed by atoms with Crippen molar-refractivity contribution in [3.05, 3.63) is 63.4 Å². The first-order valence-corrected chi connectivity index (χ1v) is 7.84. The van der Waals surface area contributed by atoms with E-state index in [-0.39, 0.29) is 0 Å². The molecule has 0 bridgehead atoms. The number of hydrogen-bond acceptors (Lipinski definition) is 4. The van der Waals surface area contributed by atoms with Crippen LogP contribution in [0.25, 0.3) is 11.4 Å². The van der Waals surface area contributed by atoms with Gasteiger partial charge in [0, 0.05) is 23.3 Å². The molecule has 0 saturated heterocycles. The first-order chi connectivity index (χ1) is 10.6. The lowest BCUT2D eigenvalue weighted by Gasteiger charge is -2.06. The molecule has 0 saturated carbocycles. The third kappa shape index (κ3) is 3.05. The predicted molar refractivity (Wildman–Crippen MR) is 89.8 cm³/mol. The molecular formula is C18H15N3S.